The van der Waals surface area contributed by atoms with Crippen molar-refractivity contribution in [2.45, 2.75) is 18.4 Å². The van der Waals surface area contributed by atoms with Crippen molar-refractivity contribution >= 4 is 0 Å². The summed E-state index contributed by atoms with van der Waals surface area (Å²) in [6.45, 7) is 0.496. The van der Waals surface area contributed by atoms with Crippen LogP contribution < -0.4 is 10.5 Å². The van der Waals surface area contributed by atoms with Gasteiger partial charge in [-0.25, -0.2) is 8.78 Å². The third-order valence-electron chi connectivity index (χ3n) is 3.75. The van der Waals surface area contributed by atoms with Crippen molar-refractivity contribution in [3.05, 3.63) is 65.2 Å². The van der Waals surface area contributed by atoms with Gasteiger partial charge in [-0.05, 0) is 24.1 Å². The number of nitrogens with two attached hydrogens (primary N) is 1. The number of hydrogen-bond acceptors (Lipinski definition) is 2. The molecule has 2 aromatic rings. The summed E-state index contributed by atoms with van der Waals surface area (Å²) in [7, 11) is 0. The van der Waals surface area contributed by atoms with Crippen LogP contribution >= 0.6 is 0 Å². The van der Waals surface area contributed by atoms with Crippen LogP contribution in [-0.4, -0.2) is 6.61 Å². The lowest BCUT2D eigenvalue weighted by Crippen LogP contribution is -2.43. The van der Waals surface area contributed by atoms with E-state index in [4.69, 9.17) is 10.5 Å². The van der Waals surface area contributed by atoms with E-state index in [2.05, 4.69) is 0 Å². The average Bonchev–Trinajstić information content (AvgIpc) is 2.43. The standard InChI is InChI=1S/C16H15F2NO/c17-12-6-5-11(14(18)9-12)10-16(19)7-8-20-15-4-2-1-3-13(15)16/h1-6,9H,7-8,10,19H2. The first-order valence-electron chi connectivity index (χ1n) is 6.54. The van der Waals surface area contributed by atoms with Crippen LogP contribution in [0.2, 0.25) is 0 Å². The highest BCUT2D eigenvalue weighted by molar-refractivity contribution is 5.42. The quantitative estimate of drug-likeness (QED) is 0.913. The SMILES string of the molecule is NC1(Cc2ccc(F)cc2F)CCOc2ccccc21. The number of rotatable bonds is 2. The number of halogens is 2. The van der Waals surface area contributed by atoms with Crippen LogP contribution in [0.25, 0.3) is 0 Å². The van der Waals surface area contributed by atoms with Crippen LogP contribution in [0.15, 0.2) is 42.5 Å². The smallest absolute Gasteiger partial charge is 0.129 e. The minimum atomic E-state index is -0.687. The lowest BCUT2D eigenvalue weighted by atomic mass is 9.80. The summed E-state index contributed by atoms with van der Waals surface area (Å²) in [6, 6.07) is 11.1. The Bertz CT molecular complexity index is 644. The fourth-order valence-electron chi connectivity index (χ4n) is 2.67. The second-order valence-corrected chi connectivity index (χ2v) is 5.16. The van der Waals surface area contributed by atoms with E-state index in [1.165, 1.54) is 12.1 Å². The van der Waals surface area contributed by atoms with Crippen molar-refractivity contribution in [3.63, 3.8) is 0 Å². The van der Waals surface area contributed by atoms with Gasteiger partial charge in [0, 0.05) is 18.1 Å². The first-order chi connectivity index (χ1) is 9.58. The molecule has 0 amide bonds. The van der Waals surface area contributed by atoms with E-state index < -0.39 is 17.2 Å². The average molecular weight is 275 g/mol. The van der Waals surface area contributed by atoms with E-state index in [1.54, 1.807) is 0 Å². The molecule has 104 valence electrons. The molecule has 0 fully saturated rings. The number of hydrogen-bond donors (Lipinski definition) is 1. The van der Waals surface area contributed by atoms with Gasteiger partial charge in [0.05, 0.1) is 12.1 Å². The summed E-state index contributed by atoms with van der Waals surface area (Å²) in [6.07, 6.45) is 0.917. The van der Waals surface area contributed by atoms with Crippen LogP contribution in [0.3, 0.4) is 0 Å². The van der Waals surface area contributed by atoms with Crippen molar-refractivity contribution in [2.24, 2.45) is 5.73 Å². The normalized spacial score (nSPS) is 21.1. The van der Waals surface area contributed by atoms with Crippen molar-refractivity contribution in [1.82, 2.24) is 0 Å². The highest BCUT2D eigenvalue weighted by atomic mass is 19.1. The molecule has 20 heavy (non-hydrogen) atoms. The summed E-state index contributed by atoms with van der Waals surface area (Å²) >= 11 is 0. The second-order valence-electron chi connectivity index (χ2n) is 5.16. The van der Waals surface area contributed by atoms with Crippen molar-refractivity contribution in [1.29, 1.82) is 0 Å². The minimum Gasteiger partial charge on any atom is -0.493 e. The second kappa shape index (κ2) is 4.87. The zero-order chi connectivity index (χ0) is 14.2. The molecule has 2 N–H and O–H groups in total. The fourth-order valence-corrected chi connectivity index (χ4v) is 2.67. The molecule has 2 nitrogen and oxygen atoms in total. The fraction of sp³-hybridized carbons (Fsp3) is 0.250. The third kappa shape index (κ3) is 2.27. The number of benzene rings is 2. The molecule has 1 aliphatic heterocycles. The molecule has 1 heterocycles. The van der Waals surface area contributed by atoms with Gasteiger partial charge in [0.25, 0.3) is 0 Å². The molecule has 2 aromatic carbocycles. The van der Waals surface area contributed by atoms with Crippen LogP contribution in [0, 0.1) is 11.6 Å². The van der Waals surface area contributed by atoms with E-state index in [9.17, 15) is 8.78 Å². The maximum absolute atomic E-state index is 13.8. The van der Waals surface area contributed by atoms with Crippen molar-refractivity contribution in [2.75, 3.05) is 6.61 Å². The van der Waals surface area contributed by atoms with Gasteiger partial charge in [0.1, 0.15) is 17.4 Å². The summed E-state index contributed by atoms with van der Waals surface area (Å²) in [5, 5.41) is 0. The Kier molecular flexibility index (Phi) is 3.18. The van der Waals surface area contributed by atoms with Gasteiger partial charge in [-0.3, -0.25) is 0 Å². The molecule has 0 saturated carbocycles. The molecule has 4 heteroatoms. The van der Waals surface area contributed by atoms with Crippen LogP contribution in [0.5, 0.6) is 5.75 Å². The van der Waals surface area contributed by atoms with Crippen LogP contribution in [-0.2, 0) is 12.0 Å². The van der Waals surface area contributed by atoms with E-state index in [1.807, 2.05) is 24.3 Å². The Hall–Kier alpha value is -1.94. The molecule has 0 aromatic heterocycles. The number of fused-ring (bicyclic) bond motifs is 1. The lowest BCUT2D eigenvalue weighted by Gasteiger charge is -2.35. The summed E-state index contributed by atoms with van der Waals surface area (Å²) in [5.74, 6) is -0.396. The minimum absolute atomic E-state index is 0.319. The number of para-hydroxylation sites is 1. The van der Waals surface area contributed by atoms with E-state index in [-0.39, 0.29) is 0 Å². The largest absolute Gasteiger partial charge is 0.493 e. The topological polar surface area (TPSA) is 35.2 Å². The Morgan fingerprint density at radius 3 is 2.75 bits per heavy atom. The molecular weight excluding hydrogens is 260 g/mol. The van der Waals surface area contributed by atoms with E-state index in [0.29, 0.717) is 25.0 Å². The van der Waals surface area contributed by atoms with Crippen molar-refractivity contribution in [3.8, 4) is 5.75 Å². The Balaban J connectivity index is 1.98. The van der Waals surface area contributed by atoms with Gasteiger partial charge in [-0.2, -0.15) is 0 Å². The van der Waals surface area contributed by atoms with Gasteiger partial charge >= 0.3 is 0 Å². The summed E-state index contributed by atoms with van der Waals surface area (Å²) in [4.78, 5) is 0. The van der Waals surface area contributed by atoms with Gasteiger partial charge in [-0.1, -0.05) is 24.3 Å². The third-order valence-corrected chi connectivity index (χ3v) is 3.75. The molecule has 1 aliphatic rings. The van der Waals surface area contributed by atoms with Gasteiger partial charge < -0.3 is 10.5 Å². The van der Waals surface area contributed by atoms with E-state index in [0.717, 1.165) is 17.4 Å². The highest BCUT2D eigenvalue weighted by Gasteiger charge is 2.34. The Morgan fingerprint density at radius 1 is 1.15 bits per heavy atom. The molecule has 1 unspecified atom stereocenters. The highest BCUT2D eigenvalue weighted by Crippen LogP contribution is 2.37. The first-order valence-corrected chi connectivity index (χ1v) is 6.54. The maximum atomic E-state index is 13.8. The Morgan fingerprint density at radius 2 is 1.95 bits per heavy atom. The molecule has 1 atom stereocenters. The molecule has 0 bridgehead atoms. The lowest BCUT2D eigenvalue weighted by molar-refractivity contribution is 0.214. The van der Waals surface area contributed by atoms with Crippen molar-refractivity contribution < 1.29 is 13.5 Å². The monoisotopic (exact) mass is 275 g/mol. The summed E-state index contributed by atoms with van der Waals surface area (Å²) in [5.41, 5.74) is 7.07. The Labute approximate surface area is 116 Å². The zero-order valence-corrected chi connectivity index (χ0v) is 10.9. The molecular formula is C16H15F2NO. The zero-order valence-electron chi connectivity index (χ0n) is 10.9. The molecule has 0 radical (unpaired) electrons. The first kappa shape index (κ1) is 13.1. The van der Waals surface area contributed by atoms with Gasteiger partial charge in [-0.15, -0.1) is 0 Å². The predicted molar refractivity (Wildman–Crippen MR) is 72.5 cm³/mol. The summed E-state index contributed by atoms with van der Waals surface area (Å²) < 4.78 is 32.4. The maximum Gasteiger partial charge on any atom is 0.129 e. The van der Waals surface area contributed by atoms with E-state index >= 15 is 0 Å². The van der Waals surface area contributed by atoms with Crippen LogP contribution in [0.4, 0.5) is 8.78 Å². The molecule has 0 spiro atoms. The predicted octanol–water partition coefficient (Wildman–Crippen LogP) is 3.14. The van der Waals surface area contributed by atoms with Gasteiger partial charge in [0.15, 0.2) is 0 Å². The van der Waals surface area contributed by atoms with Gasteiger partial charge in [0.2, 0.25) is 0 Å². The van der Waals surface area contributed by atoms with Crippen LogP contribution in [0.1, 0.15) is 17.5 Å². The molecule has 0 aliphatic carbocycles. The molecule has 0 saturated heterocycles. The molecule has 3 rings (SSSR count). The number of ether oxygens (including phenoxy) is 1.